The second-order valence-electron chi connectivity index (χ2n) is 7.52. The number of carbonyl (C=O) groups is 1. The zero-order valence-electron chi connectivity index (χ0n) is 16.1. The summed E-state index contributed by atoms with van der Waals surface area (Å²) < 4.78 is 7.36. The van der Waals surface area contributed by atoms with Gasteiger partial charge in [-0.2, -0.15) is 5.10 Å². The van der Waals surface area contributed by atoms with Gasteiger partial charge in [0.15, 0.2) is 0 Å². The summed E-state index contributed by atoms with van der Waals surface area (Å²) in [6.07, 6.45) is 1.11. The summed E-state index contributed by atoms with van der Waals surface area (Å²) in [4.78, 5) is 17.7. The smallest absolute Gasteiger partial charge is 0.272 e. The van der Waals surface area contributed by atoms with Gasteiger partial charge in [0.2, 0.25) is 0 Å². The van der Waals surface area contributed by atoms with Crippen molar-refractivity contribution >= 4 is 5.91 Å². The summed E-state index contributed by atoms with van der Waals surface area (Å²) in [6.45, 7) is 14.5. The monoisotopic (exact) mass is 348 g/mol. The van der Waals surface area contributed by atoms with E-state index in [9.17, 15) is 4.79 Å². The lowest BCUT2D eigenvalue weighted by Gasteiger charge is -2.34. The first-order chi connectivity index (χ1) is 12.0. The van der Waals surface area contributed by atoms with E-state index in [4.69, 9.17) is 4.74 Å². The number of hydrogen-bond donors (Lipinski definition) is 0. The largest absolute Gasteiger partial charge is 0.379 e. The third-order valence-corrected chi connectivity index (χ3v) is 5.64. The first kappa shape index (κ1) is 18.4. The van der Waals surface area contributed by atoms with E-state index in [-0.39, 0.29) is 5.91 Å². The molecule has 3 heterocycles. The maximum Gasteiger partial charge on any atom is 0.272 e. The van der Waals surface area contributed by atoms with E-state index in [1.807, 2.05) is 22.6 Å². The maximum absolute atomic E-state index is 13.2. The molecule has 2 aliphatic rings. The number of morpholine rings is 1. The quantitative estimate of drug-likeness (QED) is 0.819. The summed E-state index contributed by atoms with van der Waals surface area (Å²) in [7, 11) is 0. The fourth-order valence-corrected chi connectivity index (χ4v) is 4.04. The highest BCUT2D eigenvalue weighted by molar-refractivity contribution is 5.93. The first-order valence-corrected chi connectivity index (χ1v) is 9.73. The highest BCUT2D eigenvalue weighted by Crippen LogP contribution is 2.27. The number of hydrogen-bond acceptors (Lipinski definition) is 4. The highest BCUT2D eigenvalue weighted by atomic mass is 16.5. The average Bonchev–Trinajstić information content (AvgIpc) is 3.26. The van der Waals surface area contributed by atoms with Crippen LogP contribution in [0.2, 0.25) is 0 Å². The Morgan fingerprint density at radius 2 is 2.00 bits per heavy atom. The van der Waals surface area contributed by atoms with Crippen LogP contribution in [0.25, 0.3) is 0 Å². The van der Waals surface area contributed by atoms with Gasteiger partial charge in [-0.15, -0.1) is 0 Å². The highest BCUT2D eigenvalue weighted by Gasteiger charge is 2.39. The summed E-state index contributed by atoms with van der Waals surface area (Å²) in [5, 5.41) is 4.61. The number of aromatic nitrogens is 2. The first-order valence-electron chi connectivity index (χ1n) is 9.73. The minimum absolute atomic E-state index is 0.135. The van der Waals surface area contributed by atoms with Crippen LogP contribution in [0.15, 0.2) is 6.07 Å². The molecule has 6 heteroatoms. The lowest BCUT2D eigenvalue weighted by Crippen LogP contribution is -2.47. The van der Waals surface area contributed by atoms with Gasteiger partial charge in [-0.05, 0) is 24.8 Å². The van der Waals surface area contributed by atoms with Crippen LogP contribution in [-0.4, -0.2) is 70.9 Å². The number of ether oxygens (including phenoxy) is 1. The zero-order valence-corrected chi connectivity index (χ0v) is 16.1. The van der Waals surface area contributed by atoms with Crippen molar-refractivity contribution in [2.75, 3.05) is 39.4 Å². The van der Waals surface area contributed by atoms with Crippen molar-refractivity contribution < 1.29 is 9.53 Å². The molecule has 2 aliphatic heterocycles. The predicted molar refractivity (Wildman–Crippen MR) is 97.9 cm³/mol. The Morgan fingerprint density at radius 1 is 1.28 bits per heavy atom. The van der Waals surface area contributed by atoms with E-state index in [0.717, 1.165) is 63.7 Å². The molecule has 2 saturated heterocycles. The molecule has 1 aromatic rings. The van der Waals surface area contributed by atoms with Crippen LogP contribution in [-0.2, 0) is 11.3 Å². The summed E-state index contributed by atoms with van der Waals surface area (Å²) in [5.74, 6) is 1.02. The van der Waals surface area contributed by atoms with Crippen LogP contribution in [0.1, 0.15) is 56.2 Å². The third kappa shape index (κ3) is 3.75. The van der Waals surface area contributed by atoms with E-state index in [2.05, 4.69) is 30.8 Å². The lowest BCUT2D eigenvalue weighted by atomic mass is 9.99. The van der Waals surface area contributed by atoms with Crippen LogP contribution in [0.4, 0.5) is 0 Å². The van der Waals surface area contributed by atoms with Gasteiger partial charge in [0.05, 0.1) is 18.9 Å². The van der Waals surface area contributed by atoms with Crippen LogP contribution in [0.3, 0.4) is 0 Å². The Kier molecular flexibility index (Phi) is 5.79. The molecule has 25 heavy (non-hydrogen) atoms. The van der Waals surface area contributed by atoms with Gasteiger partial charge in [-0.3, -0.25) is 14.4 Å². The van der Waals surface area contributed by atoms with Crippen molar-refractivity contribution in [3.63, 3.8) is 0 Å². The van der Waals surface area contributed by atoms with Crippen molar-refractivity contribution in [2.45, 2.75) is 52.6 Å². The molecule has 2 atom stereocenters. The molecule has 0 spiro atoms. The van der Waals surface area contributed by atoms with E-state index in [1.54, 1.807) is 0 Å². The van der Waals surface area contributed by atoms with E-state index < -0.39 is 0 Å². The SMILES string of the molecule is CC[C@H]1CN(C(=O)c2cc(C(C)C)nn2CC)C[C@H]1N1CCOCC1. The second-order valence-corrected chi connectivity index (χ2v) is 7.52. The zero-order chi connectivity index (χ0) is 18.0. The Morgan fingerprint density at radius 3 is 2.60 bits per heavy atom. The van der Waals surface area contributed by atoms with Crippen molar-refractivity contribution in [2.24, 2.45) is 5.92 Å². The number of amides is 1. The molecular weight excluding hydrogens is 316 g/mol. The summed E-state index contributed by atoms with van der Waals surface area (Å²) in [6, 6.07) is 2.44. The Hall–Kier alpha value is -1.40. The molecule has 6 nitrogen and oxygen atoms in total. The molecular formula is C19H32N4O2. The van der Waals surface area contributed by atoms with Crippen LogP contribution in [0.5, 0.6) is 0 Å². The van der Waals surface area contributed by atoms with Crippen LogP contribution < -0.4 is 0 Å². The Balaban J connectivity index is 1.76. The van der Waals surface area contributed by atoms with E-state index in [1.165, 1.54) is 0 Å². The lowest BCUT2D eigenvalue weighted by molar-refractivity contribution is 0.0102. The van der Waals surface area contributed by atoms with Gasteiger partial charge in [0.1, 0.15) is 5.69 Å². The number of aryl methyl sites for hydroxylation is 1. The predicted octanol–water partition coefficient (Wildman–Crippen LogP) is 2.21. The van der Waals surface area contributed by atoms with E-state index >= 15 is 0 Å². The molecule has 2 fully saturated rings. The molecule has 0 radical (unpaired) electrons. The van der Waals surface area contributed by atoms with Gasteiger partial charge in [0, 0.05) is 38.8 Å². The summed E-state index contributed by atoms with van der Waals surface area (Å²) in [5.41, 5.74) is 1.74. The molecule has 3 rings (SSSR count). The van der Waals surface area contributed by atoms with Gasteiger partial charge in [0.25, 0.3) is 5.91 Å². The number of likely N-dealkylation sites (tertiary alicyclic amines) is 1. The molecule has 0 unspecified atom stereocenters. The molecule has 1 amide bonds. The minimum atomic E-state index is 0.135. The second kappa shape index (κ2) is 7.87. The molecule has 0 saturated carbocycles. The number of nitrogens with zero attached hydrogens (tertiary/aromatic N) is 4. The van der Waals surface area contributed by atoms with Crippen LogP contribution in [0, 0.1) is 5.92 Å². The topological polar surface area (TPSA) is 50.6 Å². The molecule has 0 aromatic carbocycles. The van der Waals surface area contributed by atoms with Gasteiger partial charge in [-0.25, -0.2) is 0 Å². The number of carbonyl (C=O) groups excluding carboxylic acids is 1. The fourth-order valence-electron chi connectivity index (χ4n) is 4.04. The molecule has 0 bridgehead atoms. The average molecular weight is 348 g/mol. The third-order valence-electron chi connectivity index (χ3n) is 5.64. The standard InChI is InChI=1S/C19H32N4O2/c1-5-15-12-22(13-18(15)21-7-9-25-10-8-21)19(24)17-11-16(14(3)4)20-23(17)6-2/h11,14-15,18H,5-10,12-13H2,1-4H3/t15-,18+/m0/s1. The van der Waals surface area contributed by atoms with Crippen molar-refractivity contribution in [1.29, 1.82) is 0 Å². The van der Waals surface area contributed by atoms with Gasteiger partial charge < -0.3 is 9.64 Å². The molecule has 140 valence electrons. The van der Waals surface area contributed by atoms with Gasteiger partial charge >= 0.3 is 0 Å². The maximum atomic E-state index is 13.2. The Labute approximate surface area is 151 Å². The molecule has 1 aromatic heterocycles. The minimum Gasteiger partial charge on any atom is -0.379 e. The normalized spacial score (nSPS) is 25.1. The molecule has 0 aliphatic carbocycles. The molecule has 0 N–H and O–H groups in total. The van der Waals surface area contributed by atoms with Crippen molar-refractivity contribution in [3.8, 4) is 0 Å². The van der Waals surface area contributed by atoms with Crippen molar-refractivity contribution in [1.82, 2.24) is 19.6 Å². The van der Waals surface area contributed by atoms with E-state index in [0.29, 0.717) is 17.9 Å². The number of rotatable bonds is 5. The summed E-state index contributed by atoms with van der Waals surface area (Å²) >= 11 is 0. The fraction of sp³-hybridized carbons (Fsp3) is 0.789. The Bertz CT molecular complexity index is 592. The van der Waals surface area contributed by atoms with Crippen molar-refractivity contribution in [3.05, 3.63) is 17.5 Å². The van der Waals surface area contributed by atoms with Gasteiger partial charge in [-0.1, -0.05) is 27.2 Å². The van der Waals surface area contributed by atoms with Crippen LogP contribution >= 0.6 is 0 Å².